The molecule has 0 radical (unpaired) electrons. The van der Waals surface area contributed by atoms with E-state index in [0.717, 1.165) is 13.0 Å². The molecule has 1 amide bonds. The van der Waals surface area contributed by atoms with Gasteiger partial charge in [0.2, 0.25) is 0 Å². The number of ether oxygens (including phenoxy) is 1. The first kappa shape index (κ1) is 17.7. The predicted octanol–water partition coefficient (Wildman–Crippen LogP) is 2.96. The van der Waals surface area contributed by atoms with Crippen molar-refractivity contribution in [2.75, 3.05) is 25.6 Å². The summed E-state index contributed by atoms with van der Waals surface area (Å²) >= 11 is 6.08. The van der Waals surface area contributed by atoms with Gasteiger partial charge in [-0.3, -0.25) is 4.79 Å². The lowest BCUT2D eigenvalue weighted by Gasteiger charge is -2.22. The topological polar surface area (TPSA) is 63.2 Å². The summed E-state index contributed by atoms with van der Waals surface area (Å²) in [6, 6.07) is 1.62. The minimum Gasteiger partial charge on any atom is -0.383 e. The maximum Gasteiger partial charge on any atom is 0.253 e. The molecule has 21 heavy (non-hydrogen) atoms. The maximum absolute atomic E-state index is 12.4. The molecule has 0 aliphatic rings. The molecule has 1 rings (SSSR count). The summed E-state index contributed by atoms with van der Waals surface area (Å²) in [6.45, 7) is 7.40. The standard InChI is InChI=1S/C15H24ClN3O2/c1-5-6-17-14-7-11(12(16)8-18-14)15(20)19-13(9-21-4)10(2)3/h7-8,10,13H,5-6,9H2,1-4H3,(H,17,18)(H,19,20). The summed E-state index contributed by atoms with van der Waals surface area (Å²) in [4.78, 5) is 16.5. The Morgan fingerprint density at radius 3 is 2.76 bits per heavy atom. The molecule has 1 aromatic heterocycles. The van der Waals surface area contributed by atoms with E-state index in [4.69, 9.17) is 16.3 Å². The number of anilines is 1. The number of amides is 1. The first-order valence-electron chi connectivity index (χ1n) is 7.18. The monoisotopic (exact) mass is 313 g/mol. The first-order valence-corrected chi connectivity index (χ1v) is 7.56. The van der Waals surface area contributed by atoms with Crippen LogP contribution in [-0.4, -0.2) is 37.2 Å². The first-order chi connectivity index (χ1) is 9.99. The van der Waals surface area contributed by atoms with E-state index in [0.29, 0.717) is 23.0 Å². The van der Waals surface area contributed by atoms with Crippen LogP contribution < -0.4 is 10.6 Å². The average Bonchev–Trinajstić information content (AvgIpc) is 2.45. The lowest BCUT2D eigenvalue weighted by molar-refractivity contribution is 0.0866. The molecule has 2 N–H and O–H groups in total. The highest BCUT2D eigenvalue weighted by atomic mass is 35.5. The van der Waals surface area contributed by atoms with E-state index in [1.165, 1.54) is 6.20 Å². The van der Waals surface area contributed by atoms with Crippen LogP contribution in [0, 0.1) is 5.92 Å². The summed E-state index contributed by atoms with van der Waals surface area (Å²) in [5, 5.41) is 6.44. The average molecular weight is 314 g/mol. The second-order valence-corrected chi connectivity index (χ2v) is 5.66. The van der Waals surface area contributed by atoms with Crippen molar-refractivity contribution in [2.24, 2.45) is 5.92 Å². The van der Waals surface area contributed by atoms with Crippen LogP contribution in [0.3, 0.4) is 0 Å². The molecule has 6 heteroatoms. The molecule has 0 aromatic carbocycles. The van der Waals surface area contributed by atoms with Crippen LogP contribution in [0.1, 0.15) is 37.6 Å². The summed E-state index contributed by atoms with van der Waals surface area (Å²) in [6.07, 6.45) is 2.48. The number of hydrogen-bond acceptors (Lipinski definition) is 4. The Morgan fingerprint density at radius 1 is 1.48 bits per heavy atom. The van der Waals surface area contributed by atoms with Gasteiger partial charge < -0.3 is 15.4 Å². The third-order valence-corrected chi connectivity index (χ3v) is 3.42. The van der Waals surface area contributed by atoms with Crippen LogP contribution >= 0.6 is 11.6 Å². The smallest absolute Gasteiger partial charge is 0.253 e. The van der Waals surface area contributed by atoms with Crippen LogP contribution in [0.25, 0.3) is 0 Å². The van der Waals surface area contributed by atoms with Crippen molar-refractivity contribution >= 4 is 23.3 Å². The molecule has 1 unspecified atom stereocenters. The van der Waals surface area contributed by atoms with E-state index >= 15 is 0 Å². The molecule has 0 saturated heterocycles. The second-order valence-electron chi connectivity index (χ2n) is 5.26. The van der Waals surface area contributed by atoms with Gasteiger partial charge in [0.15, 0.2) is 0 Å². The number of halogens is 1. The molecular formula is C15H24ClN3O2. The van der Waals surface area contributed by atoms with Crippen LogP contribution in [0.4, 0.5) is 5.82 Å². The zero-order chi connectivity index (χ0) is 15.8. The summed E-state index contributed by atoms with van der Waals surface area (Å²) in [7, 11) is 1.62. The molecule has 0 saturated carbocycles. The van der Waals surface area contributed by atoms with Crippen LogP contribution in [0.15, 0.2) is 12.3 Å². The van der Waals surface area contributed by atoms with E-state index in [1.807, 2.05) is 13.8 Å². The van der Waals surface area contributed by atoms with E-state index in [-0.39, 0.29) is 17.9 Å². The molecule has 5 nitrogen and oxygen atoms in total. The molecule has 0 spiro atoms. The van der Waals surface area contributed by atoms with E-state index in [1.54, 1.807) is 13.2 Å². The summed E-state index contributed by atoms with van der Waals surface area (Å²) in [5.41, 5.74) is 0.423. The maximum atomic E-state index is 12.4. The summed E-state index contributed by atoms with van der Waals surface area (Å²) < 4.78 is 5.14. The second kappa shape index (κ2) is 8.85. The van der Waals surface area contributed by atoms with Gasteiger partial charge in [-0.05, 0) is 18.4 Å². The van der Waals surface area contributed by atoms with Gasteiger partial charge in [-0.25, -0.2) is 4.98 Å². The zero-order valence-corrected chi connectivity index (χ0v) is 13.8. The van der Waals surface area contributed by atoms with Gasteiger partial charge in [-0.15, -0.1) is 0 Å². The number of carbonyl (C=O) groups excluding carboxylic acids is 1. The van der Waals surface area contributed by atoms with E-state index in [9.17, 15) is 4.79 Å². The lowest BCUT2D eigenvalue weighted by atomic mass is 10.0. The number of nitrogens with one attached hydrogen (secondary N) is 2. The molecule has 0 aliphatic carbocycles. The van der Waals surface area contributed by atoms with Crippen LogP contribution in [0.5, 0.6) is 0 Å². The number of aromatic nitrogens is 1. The van der Waals surface area contributed by atoms with Gasteiger partial charge >= 0.3 is 0 Å². The highest BCUT2D eigenvalue weighted by Crippen LogP contribution is 2.18. The van der Waals surface area contributed by atoms with Crippen molar-refractivity contribution in [1.29, 1.82) is 0 Å². The van der Waals surface area contributed by atoms with Gasteiger partial charge in [-0.1, -0.05) is 32.4 Å². The van der Waals surface area contributed by atoms with Gasteiger partial charge in [0.25, 0.3) is 5.91 Å². The Balaban J connectivity index is 2.84. The Hall–Kier alpha value is -1.33. The highest BCUT2D eigenvalue weighted by Gasteiger charge is 2.19. The Kier molecular flexibility index (Phi) is 7.47. The van der Waals surface area contributed by atoms with Gasteiger partial charge in [-0.2, -0.15) is 0 Å². The number of carbonyl (C=O) groups is 1. The Morgan fingerprint density at radius 2 is 2.19 bits per heavy atom. The third-order valence-electron chi connectivity index (χ3n) is 3.12. The lowest BCUT2D eigenvalue weighted by Crippen LogP contribution is -2.41. The zero-order valence-electron chi connectivity index (χ0n) is 13.1. The van der Waals surface area contributed by atoms with Crippen LogP contribution in [0.2, 0.25) is 5.02 Å². The molecule has 118 valence electrons. The van der Waals surface area contributed by atoms with Crippen LogP contribution in [-0.2, 0) is 4.74 Å². The van der Waals surface area contributed by atoms with Gasteiger partial charge in [0, 0.05) is 19.9 Å². The fourth-order valence-corrected chi connectivity index (χ4v) is 1.98. The molecule has 0 fully saturated rings. The minimum atomic E-state index is -0.210. The van der Waals surface area contributed by atoms with E-state index in [2.05, 4.69) is 22.5 Å². The number of pyridine rings is 1. The Bertz CT molecular complexity index is 466. The number of rotatable bonds is 8. The third kappa shape index (κ3) is 5.52. The fourth-order valence-electron chi connectivity index (χ4n) is 1.79. The molecule has 1 heterocycles. The number of hydrogen-bond donors (Lipinski definition) is 2. The molecule has 1 aromatic rings. The number of nitrogens with zero attached hydrogens (tertiary/aromatic N) is 1. The van der Waals surface area contributed by atoms with Gasteiger partial charge in [0.05, 0.1) is 23.2 Å². The fraction of sp³-hybridized carbons (Fsp3) is 0.600. The van der Waals surface area contributed by atoms with Crippen molar-refractivity contribution in [3.63, 3.8) is 0 Å². The van der Waals surface area contributed by atoms with Crippen molar-refractivity contribution in [3.8, 4) is 0 Å². The quantitative estimate of drug-likeness (QED) is 0.774. The molecule has 0 aliphatic heterocycles. The van der Waals surface area contributed by atoms with Crippen molar-refractivity contribution < 1.29 is 9.53 Å². The largest absolute Gasteiger partial charge is 0.383 e. The van der Waals surface area contributed by atoms with Crippen molar-refractivity contribution in [3.05, 3.63) is 22.8 Å². The van der Waals surface area contributed by atoms with Gasteiger partial charge in [0.1, 0.15) is 5.82 Å². The minimum absolute atomic E-state index is 0.0567. The van der Waals surface area contributed by atoms with Crippen molar-refractivity contribution in [2.45, 2.75) is 33.2 Å². The Labute approximate surface area is 131 Å². The van der Waals surface area contributed by atoms with E-state index < -0.39 is 0 Å². The predicted molar refractivity (Wildman–Crippen MR) is 86.0 cm³/mol. The molecular weight excluding hydrogens is 290 g/mol. The normalized spacial score (nSPS) is 12.3. The molecule has 1 atom stereocenters. The van der Waals surface area contributed by atoms with Crippen molar-refractivity contribution in [1.82, 2.24) is 10.3 Å². The highest BCUT2D eigenvalue weighted by molar-refractivity contribution is 6.33. The number of methoxy groups -OCH3 is 1. The molecule has 0 bridgehead atoms. The SMILES string of the molecule is CCCNc1cc(C(=O)NC(COC)C(C)C)c(Cl)cn1. The summed E-state index contributed by atoms with van der Waals surface area (Å²) in [5.74, 6) is 0.712.